The summed E-state index contributed by atoms with van der Waals surface area (Å²) in [5, 5.41) is 3.58. The fourth-order valence-electron chi connectivity index (χ4n) is 2.72. The van der Waals surface area contributed by atoms with E-state index in [9.17, 15) is 4.39 Å². The van der Waals surface area contributed by atoms with Gasteiger partial charge in [0.2, 0.25) is 0 Å². The Morgan fingerprint density at radius 2 is 2.18 bits per heavy atom. The van der Waals surface area contributed by atoms with Crippen LogP contribution in [0.4, 0.5) is 10.1 Å². The van der Waals surface area contributed by atoms with Gasteiger partial charge in [0.15, 0.2) is 0 Å². The number of benzene rings is 1. The lowest BCUT2D eigenvalue weighted by Crippen LogP contribution is -2.48. The van der Waals surface area contributed by atoms with E-state index in [1.807, 2.05) is 24.1 Å². The maximum Gasteiger partial charge on any atom is 0.146 e. The molecule has 1 aromatic rings. The molecule has 1 heterocycles. The van der Waals surface area contributed by atoms with Gasteiger partial charge in [-0.2, -0.15) is 0 Å². The van der Waals surface area contributed by atoms with Crippen LogP contribution < -0.4 is 10.2 Å². The van der Waals surface area contributed by atoms with Crippen LogP contribution >= 0.6 is 0 Å². The minimum Gasteiger partial charge on any atom is -0.370 e. The van der Waals surface area contributed by atoms with E-state index in [0.29, 0.717) is 5.69 Å². The van der Waals surface area contributed by atoms with Crippen LogP contribution in [0.3, 0.4) is 0 Å². The average Bonchev–Trinajstić information content (AvgIpc) is 2.79. The van der Waals surface area contributed by atoms with E-state index in [2.05, 4.69) is 12.2 Å². The molecule has 1 N–H and O–H groups in total. The summed E-state index contributed by atoms with van der Waals surface area (Å²) in [6, 6.07) is 6.98. The van der Waals surface area contributed by atoms with E-state index in [-0.39, 0.29) is 11.4 Å². The highest BCUT2D eigenvalue weighted by atomic mass is 19.1. The largest absolute Gasteiger partial charge is 0.370 e. The Morgan fingerprint density at radius 1 is 1.41 bits per heavy atom. The zero-order chi connectivity index (χ0) is 12.3. The topological polar surface area (TPSA) is 15.3 Å². The van der Waals surface area contributed by atoms with E-state index in [1.54, 1.807) is 6.07 Å². The number of hydrogen-bond acceptors (Lipinski definition) is 2. The maximum absolute atomic E-state index is 13.7. The fraction of sp³-hybridized carbons (Fsp3) is 0.571. The molecule has 1 fully saturated rings. The van der Waals surface area contributed by atoms with Gasteiger partial charge < -0.3 is 10.2 Å². The Bertz CT molecular complexity index is 372. The second-order valence-corrected chi connectivity index (χ2v) is 4.97. The standard InChI is InChI=1S/C14H21FN2/c1-3-14(9-6-10-16-14)11-17(2)13-8-5-4-7-12(13)15/h4-5,7-8,16H,3,6,9-11H2,1-2H3. The van der Waals surface area contributed by atoms with Crippen molar-refractivity contribution < 1.29 is 4.39 Å². The first kappa shape index (κ1) is 12.4. The number of halogens is 1. The summed E-state index contributed by atoms with van der Waals surface area (Å²) in [6.07, 6.45) is 3.49. The molecule has 1 aliphatic heterocycles. The molecule has 0 radical (unpaired) electrons. The van der Waals surface area contributed by atoms with Crippen LogP contribution in [0.15, 0.2) is 24.3 Å². The van der Waals surface area contributed by atoms with E-state index in [1.165, 1.54) is 18.9 Å². The first-order valence-electron chi connectivity index (χ1n) is 6.37. The van der Waals surface area contributed by atoms with E-state index < -0.39 is 0 Å². The smallest absolute Gasteiger partial charge is 0.146 e. The molecule has 1 unspecified atom stereocenters. The van der Waals surface area contributed by atoms with Crippen molar-refractivity contribution in [1.29, 1.82) is 0 Å². The molecule has 0 spiro atoms. The van der Waals surface area contributed by atoms with Crippen molar-refractivity contribution in [2.45, 2.75) is 31.7 Å². The Morgan fingerprint density at radius 3 is 2.76 bits per heavy atom. The molecule has 94 valence electrons. The van der Waals surface area contributed by atoms with Crippen LogP contribution in [-0.4, -0.2) is 25.7 Å². The van der Waals surface area contributed by atoms with Crippen molar-refractivity contribution in [2.75, 3.05) is 25.0 Å². The second-order valence-electron chi connectivity index (χ2n) is 4.97. The summed E-state index contributed by atoms with van der Waals surface area (Å²) in [4.78, 5) is 2.02. The van der Waals surface area contributed by atoms with Gasteiger partial charge >= 0.3 is 0 Å². The lowest BCUT2D eigenvalue weighted by Gasteiger charge is -2.34. The van der Waals surface area contributed by atoms with Gasteiger partial charge in [-0.25, -0.2) is 4.39 Å². The third kappa shape index (κ3) is 2.60. The number of rotatable bonds is 4. The van der Waals surface area contributed by atoms with Crippen molar-refractivity contribution in [3.8, 4) is 0 Å². The third-order valence-electron chi connectivity index (χ3n) is 3.81. The average molecular weight is 236 g/mol. The van der Waals surface area contributed by atoms with Gasteiger partial charge in [0.05, 0.1) is 5.69 Å². The Kier molecular flexibility index (Phi) is 3.67. The van der Waals surface area contributed by atoms with Crippen LogP contribution in [0.25, 0.3) is 0 Å². The van der Waals surface area contributed by atoms with Crippen molar-refractivity contribution in [2.24, 2.45) is 0 Å². The lowest BCUT2D eigenvalue weighted by molar-refractivity contribution is 0.366. The highest BCUT2D eigenvalue weighted by molar-refractivity contribution is 5.47. The monoisotopic (exact) mass is 236 g/mol. The van der Waals surface area contributed by atoms with Crippen LogP contribution in [0.1, 0.15) is 26.2 Å². The number of hydrogen-bond donors (Lipinski definition) is 1. The van der Waals surface area contributed by atoms with Gasteiger partial charge in [-0.15, -0.1) is 0 Å². The minimum atomic E-state index is -0.140. The zero-order valence-corrected chi connectivity index (χ0v) is 10.7. The first-order valence-corrected chi connectivity index (χ1v) is 6.37. The van der Waals surface area contributed by atoms with Gasteiger partial charge in [-0.05, 0) is 37.9 Å². The van der Waals surface area contributed by atoms with Crippen molar-refractivity contribution in [1.82, 2.24) is 5.32 Å². The van der Waals surface area contributed by atoms with Gasteiger partial charge in [-0.1, -0.05) is 19.1 Å². The van der Waals surface area contributed by atoms with Crippen LogP contribution in [0, 0.1) is 5.82 Å². The molecule has 1 aromatic carbocycles. The van der Waals surface area contributed by atoms with E-state index in [4.69, 9.17) is 0 Å². The number of nitrogens with one attached hydrogen (secondary N) is 1. The first-order chi connectivity index (χ1) is 8.17. The molecular weight excluding hydrogens is 215 g/mol. The van der Waals surface area contributed by atoms with Gasteiger partial charge in [-0.3, -0.25) is 0 Å². The summed E-state index contributed by atoms with van der Waals surface area (Å²) < 4.78 is 13.7. The number of para-hydroxylation sites is 1. The highest BCUT2D eigenvalue weighted by Gasteiger charge is 2.32. The molecule has 0 bridgehead atoms. The molecule has 0 saturated carbocycles. The molecule has 0 amide bonds. The van der Waals surface area contributed by atoms with Crippen molar-refractivity contribution in [3.05, 3.63) is 30.1 Å². The normalized spacial score (nSPS) is 23.9. The van der Waals surface area contributed by atoms with Gasteiger partial charge in [0.1, 0.15) is 5.82 Å². The summed E-state index contributed by atoms with van der Waals surface area (Å²) in [5.41, 5.74) is 0.853. The summed E-state index contributed by atoms with van der Waals surface area (Å²) in [6.45, 7) is 4.15. The fourth-order valence-corrected chi connectivity index (χ4v) is 2.72. The van der Waals surface area contributed by atoms with Crippen LogP contribution in [0.2, 0.25) is 0 Å². The number of nitrogens with zero attached hydrogens (tertiary/aromatic N) is 1. The second kappa shape index (κ2) is 5.05. The quantitative estimate of drug-likeness (QED) is 0.864. The highest BCUT2D eigenvalue weighted by Crippen LogP contribution is 2.26. The lowest BCUT2D eigenvalue weighted by atomic mass is 9.93. The molecule has 0 aliphatic carbocycles. The van der Waals surface area contributed by atoms with Crippen LogP contribution in [0.5, 0.6) is 0 Å². The Hall–Kier alpha value is -1.09. The van der Waals surface area contributed by atoms with E-state index in [0.717, 1.165) is 19.5 Å². The molecule has 1 aliphatic rings. The number of anilines is 1. The number of likely N-dealkylation sites (N-methyl/N-ethyl adjacent to an activating group) is 1. The molecule has 17 heavy (non-hydrogen) atoms. The maximum atomic E-state index is 13.7. The molecule has 2 nitrogen and oxygen atoms in total. The molecule has 2 rings (SSSR count). The molecular formula is C14H21FN2. The van der Waals surface area contributed by atoms with Crippen LogP contribution in [-0.2, 0) is 0 Å². The Balaban J connectivity index is 2.11. The molecule has 1 saturated heterocycles. The summed E-state index contributed by atoms with van der Waals surface area (Å²) in [5.74, 6) is -0.140. The summed E-state index contributed by atoms with van der Waals surface area (Å²) >= 11 is 0. The van der Waals surface area contributed by atoms with Gasteiger partial charge in [0, 0.05) is 19.1 Å². The van der Waals surface area contributed by atoms with Crippen molar-refractivity contribution >= 4 is 5.69 Å². The predicted molar refractivity (Wildman–Crippen MR) is 69.9 cm³/mol. The zero-order valence-electron chi connectivity index (χ0n) is 10.7. The van der Waals surface area contributed by atoms with Crippen molar-refractivity contribution in [3.63, 3.8) is 0 Å². The molecule has 0 aromatic heterocycles. The predicted octanol–water partition coefficient (Wildman–Crippen LogP) is 2.79. The van der Waals surface area contributed by atoms with E-state index >= 15 is 0 Å². The minimum absolute atomic E-state index is 0.140. The molecule has 1 atom stereocenters. The SMILES string of the molecule is CCC1(CN(C)c2ccccc2F)CCCN1. The summed E-state index contributed by atoms with van der Waals surface area (Å²) in [7, 11) is 1.97. The third-order valence-corrected chi connectivity index (χ3v) is 3.81. The molecule has 3 heteroatoms. The Labute approximate surface area is 103 Å². The van der Waals surface area contributed by atoms with Gasteiger partial charge in [0.25, 0.3) is 0 Å².